The highest BCUT2D eigenvalue weighted by Crippen LogP contribution is 2.47. The van der Waals surface area contributed by atoms with Crippen LogP contribution in [0.5, 0.6) is 5.88 Å². The lowest BCUT2D eigenvalue weighted by Crippen LogP contribution is -2.41. The number of hydrogen-bond donors (Lipinski definition) is 0. The molecule has 7 rings (SSSR count). The van der Waals surface area contributed by atoms with Gasteiger partial charge in [0.1, 0.15) is 17.6 Å². The summed E-state index contributed by atoms with van der Waals surface area (Å²) in [5.41, 5.74) is 2.04. The fourth-order valence-corrected chi connectivity index (χ4v) is 7.64. The monoisotopic (exact) mass is 550 g/mol. The van der Waals surface area contributed by atoms with Gasteiger partial charge in [-0.05, 0) is 71.9 Å². The molecular weight excluding hydrogens is 512 g/mol. The topological polar surface area (TPSA) is 118 Å². The summed E-state index contributed by atoms with van der Waals surface area (Å²) in [6.45, 7) is 4.16. The first kappa shape index (κ1) is 25.9. The Balaban J connectivity index is 1.39. The summed E-state index contributed by atoms with van der Waals surface area (Å²) in [7, 11) is 3.86. The van der Waals surface area contributed by atoms with Crippen LogP contribution in [0.15, 0.2) is 9.32 Å². The van der Waals surface area contributed by atoms with Crippen LogP contribution >= 0.6 is 0 Å². The number of fused-ring (bicyclic) bond motifs is 3. The number of aryl methyl sites for hydroxylation is 1. The number of carbonyl (C=O) groups is 1. The first-order valence-electron chi connectivity index (χ1n) is 14.9. The predicted octanol–water partition coefficient (Wildman–Crippen LogP) is 3.33. The van der Waals surface area contributed by atoms with Crippen molar-refractivity contribution in [2.75, 3.05) is 26.8 Å². The van der Waals surface area contributed by atoms with Crippen LogP contribution in [0.4, 0.5) is 0 Å². The zero-order chi connectivity index (χ0) is 27.6. The van der Waals surface area contributed by atoms with Gasteiger partial charge in [0, 0.05) is 31.7 Å². The second-order valence-electron chi connectivity index (χ2n) is 12.2. The Kier molecular flexibility index (Phi) is 6.34. The van der Waals surface area contributed by atoms with E-state index in [0.717, 1.165) is 75.6 Å². The van der Waals surface area contributed by atoms with E-state index in [4.69, 9.17) is 24.0 Å². The van der Waals surface area contributed by atoms with E-state index in [1.54, 1.807) is 16.2 Å². The second kappa shape index (κ2) is 9.80. The molecule has 0 bridgehead atoms. The van der Waals surface area contributed by atoms with Crippen LogP contribution in [0.25, 0.3) is 22.7 Å². The Hall–Kier alpha value is -3.05. The van der Waals surface area contributed by atoms with Gasteiger partial charge in [0.25, 0.3) is 0 Å². The fraction of sp³-hybridized carbons (Fsp3) is 0.690. The lowest BCUT2D eigenvalue weighted by molar-refractivity contribution is -0.127. The van der Waals surface area contributed by atoms with Gasteiger partial charge in [-0.1, -0.05) is 11.6 Å². The average Bonchev–Trinajstić information content (AvgIpc) is 3.74. The average molecular weight is 551 g/mol. The van der Waals surface area contributed by atoms with Crippen molar-refractivity contribution in [3.8, 4) is 17.5 Å². The third-order valence-corrected chi connectivity index (χ3v) is 9.84. The maximum absolute atomic E-state index is 13.6. The maximum Gasteiger partial charge on any atom is 0.330 e. The minimum Gasteiger partial charge on any atom is -0.471 e. The standard InChI is InChI=1S/C29H38N6O5/c1-17(20-9-7-14-33(20)2)39-27-22-26(35(28(37)34(22)3)18-11-15-38-16-18)30-25(31-27)23-19-8-6-13-29(24(19)32-40-23)12-5-4-10-21(29)36/h17-18,20H,4-16H2,1-3H3/t17-,18-,20-,29+/m0/s1. The van der Waals surface area contributed by atoms with Gasteiger partial charge in [-0.15, -0.1) is 0 Å². The molecule has 0 N–H and O–H groups in total. The highest BCUT2D eigenvalue weighted by molar-refractivity contribution is 5.91. The van der Waals surface area contributed by atoms with Crippen LogP contribution in [-0.2, 0) is 28.4 Å². The maximum atomic E-state index is 13.6. The zero-order valence-corrected chi connectivity index (χ0v) is 23.6. The van der Waals surface area contributed by atoms with E-state index in [1.807, 2.05) is 0 Å². The molecule has 2 aliphatic carbocycles. The molecule has 3 fully saturated rings. The van der Waals surface area contributed by atoms with Crippen molar-refractivity contribution in [1.29, 1.82) is 0 Å². The van der Waals surface area contributed by atoms with E-state index in [0.29, 0.717) is 48.3 Å². The Morgan fingerprint density at radius 2 is 1.90 bits per heavy atom. The molecule has 0 unspecified atom stereocenters. The molecule has 1 saturated carbocycles. The summed E-state index contributed by atoms with van der Waals surface area (Å²) in [4.78, 5) is 39.0. The van der Waals surface area contributed by atoms with E-state index in [9.17, 15) is 9.59 Å². The highest BCUT2D eigenvalue weighted by Gasteiger charge is 2.48. The summed E-state index contributed by atoms with van der Waals surface area (Å²) in [6.07, 6.45) is 8.57. The Bertz CT molecular complexity index is 1520. The van der Waals surface area contributed by atoms with E-state index in [-0.39, 0.29) is 29.7 Å². The van der Waals surface area contributed by atoms with Crippen molar-refractivity contribution >= 4 is 16.9 Å². The van der Waals surface area contributed by atoms with Gasteiger partial charge in [-0.3, -0.25) is 18.8 Å². The second-order valence-corrected chi connectivity index (χ2v) is 12.2. The molecule has 0 aromatic carbocycles. The largest absolute Gasteiger partial charge is 0.471 e. The molecule has 5 heterocycles. The van der Waals surface area contributed by atoms with Crippen LogP contribution in [0.2, 0.25) is 0 Å². The van der Waals surface area contributed by atoms with Gasteiger partial charge in [-0.2, -0.15) is 4.98 Å². The van der Waals surface area contributed by atoms with Crippen molar-refractivity contribution in [3.63, 3.8) is 0 Å². The Labute approximate surface area is 232 Å². The van der Waals surface area contributed by atoms with E-state index >= 15 is 0 Å². The van der Waals surface area contributed by atoms with Gasteiger partial charge in [0.15, 0.2) is 11.2 Å². The summed E-state index contributed by atoms with van der Waals surface area (Å²) in [6, 6.07) is 0.142. The molecule has 40 heavy (non-hydrogen) atoms. The first-order valence-corrected chi connectivity index (χ1v) is 14.9. The van der Waals surface area contributed by atoms with Crippen LogP contribution in [0, 0.1) is 0 Å². The van der Waals surface area contributed by atoms with Crippen LogP contribution in [-0.4, -0.2) is 73.9 Å². The van der Waals surface area contributed by atoms with Gasteiger partial charge in [0.2, 0.25) is 17.5 Å². The predicted molar refractivity (Wildman–Crippen MR) is 147 cm³/mol. The third kappa shape index (κ3) is 3.88. The van der Waals surface area contributed by atoms with Crippen LogP contribution < -0.4 is 10.4 Å². The molecule has 2 aliphatic heterocycles. The van der Waals surface area contributed by atoms with Crippen LogP contribution in [0.3, 0.4) is 0 Å². The number of ketones is 1. The zero-order valence-electron chi connectivity index (χ0n) is 23.6. The quantitative estimate of drug-likeness (QED) is 0.471. The SMILES string of the molecule is C[C@H](Oc1nc(-c2onc3c2CCC[C@@]32CCCCC2=O)nc2c1n(C)c(=O)n2[C@H]1CCOC1)[C@@H]1CCCN1C. The van der Waals surface area contributed by atoms with Gasteiger partial charge >= 0.3 is 5.69 Å². The van der Waals surface area contributed by atoms with Gasteiger partial charge in [-0.25, -0.2) is 9.78 Å². The molecule has 2 saturated heterocycles. The molecule has 3 aromatic rings. The molecule has 4 aliphatic rings. The lowest BCUT2D eigenvalue weighted by Gasteiger charge is -2.37. The molecule has 11 nitrogen and oxygen atoms in total. The fourth-order valence-electron chi connectivity index (χ4n) is 7.64. The summed E-state index contributed by atoms with van der Waals surface area (Å²) >= 11 is 0. The van der Waals surface area contributed by atoms with Crippen molar-refractivity contribution in [2.45, 2.75) is 94.7 Å². The number of nitrogens with zero attached hydrogens (tertiary/aromatic N) is 6. The van der Waals surface area contributed by atoms with E-state index < -0.39 is 5.41 Å². The molecule has 214 valence electrons. The number of imidazole rings is 1. The van der Waals surface area contributed by atoms with Crippen LogP contribution in [0.1, 0.15) is 82.0 Å². The normalized spacial score (nSPS) is 28.0. The molecule has 0 radical (unpaired) electrons. The number of hydrogen-bond acceptors (Lipinski definition) is 9. The smallest absolute Gasteiger partial charge is 0.330 e. The molecule has 3 aromatic heterocycles. The number of rotatable bonds is 5. The third-order valence-electron chi connectivity index (χ3n) is 9.84. The molecule has 1 spiro atoms. The van der Waals surface area contributed by atoms with Crippen molar-refractivity contribution in [1.82, 2.24) is 29.2 Å². The number of aromatic nitrogens is 5. The highest BCUT2D eigenvalue weighted by atomic mass is 16.5. The Morgan fingerprint density at radius 1 is 1.05 bits per heavy atom. The minimum atomic E-state index is -0.561. The van der Waals surface area contributed by atoms with E-state index in [2.05, 4.69) is 24.0 Å². The number of ether oxygens (including phenoxy) is 2. The Morgan fingerprint density at radius 3 is 2.65 bits per heavy atom. The summed E-state index contributed by atoms with van der Waals surface area (Å²) in [5, 5.41) is 4.51. The van der Waals surface area contributed by atoms with Crippen molar-refractivity contribution in [3.05, 3.63) is 21.7 Å². The molecule has 4 atom stereocenters. The number of Topliss-reactive ketones (excluding diaryl/α,β-unsaturated/α-hetero) is 1. The number of likely N-dealkylation sites (N-methyl/N-ethyl adjacent to an activating group) is 1. The van der Waals surface area contributed by atoms with E-state index in [1.165, 1.54) is 0 Å². The molecule has 11 heteroatoms. The van der Waals surface area contributed by atoms with Gasteiger partial charge in [0.05, 0.1) is 18.1 Å². The summed E-state index contributed by atoms with van der Waals surface area (Å²) < 4.78 is 21.5. The molecular formula is C29H38N6O5. The van der Waals surface area contributed by atoms with Gasteiger partial charge < -0.3 is 14.0 Å². The summed E-state index contributed by atoms with van der Waals surface area (Å²) in [5.74, 6) is 1.47. The van der Waals surface area contributed by atoms with Crippen molar-refractivity contribution < 1.29 is 18.8 Å². The van der Waals surface area contributed by atoms with Crippen molar-refractivity contribution in [2.24, 2.45) is 7.05 Å². The first-order chi connectivity index (χ1) is 19.4. The number of likely N-dealkylation sites (tertiary alicyclic amines) is 1. The minimum absolute atomic E-state index is 0.114. The molecule has 0 amide bonds. The number of carbonyl (C=O) groups excluding carboxylic acids is 1. The lowest BCUT2D eigenvalue weighted by atomic mass is 9.64.